The van der Waals surface area contributed by atoms with Gasteiger partial charge in [0, 0.05) is 49.0 Å². The molecule has 3 aromatic heterocycles. The highest BCUT2D eigenvalue weighted by atomic mass is 16.5. The average Bonchev–Trinajstić information content (AvgIpc) is 3.48. The predicted molar refractivity (Wildman–Crippen MR) is 106 cm³/mol. The molecule has 5 rings (SSSR count). The quantitative estimate of drug-likeness (QED) is 0.750. The van der Waals surface area contributed by atoms with Crippen LogP contribution in [0.4, 0.5) is 5.82 Å². The molecule has 0 aromatic carbocycles. The van der Waals surface area contributed by atoms with Gasteiger partial charge in [-0.1, -0.05) is 5.16 Å². The van der Waals surface area contributed by atoms with Crippen molar-refractivity contribution in [1.82, 2.24) is 20.0 Å². The van der Waals surface area contributed by atoms with Gasteiger partial charge in [0.1, 0.15) is 5.65 Å². The molecule has 1 N–H and O–H groups in total. The Kier molecular flexibility index (Phi) is 4.50. The van der Waals surface area contributed by atoms with Gasteiger partial charge in [-0.2, -0.15) is 0 Å². The Bertz CT molecular complexity index is 964. The van der Waals surface area contributed by atoms with E-state index in [1.165, 1.54) is 18.2 Å². The zero-order valence-corrected chi connectivity index (χ0v) is 15.9. The summed E-state index contributed by atoms with van der Waals surface area (Å²) >= 11 is 0. The number of rotatable bonds is 4. The largest absolute Gasteiger partial charge is 0.354 e. The first-order valence-corrected chi connectivity index (χ1v) is 10.2. The summed E-state index contributed by atoms with van der Waals surface area (Å²) in [7, 11) is 0. The van der Waals surface area contributed by atoms with Crippen LogP contribution in [-0.2, 0) is 0 Å². The minimum absolute atomic E-state index is 0.158. The number of fused-ring (bicyclic) bond motifs is 1. The lowest BCUT2D eigenvalue weighted by atomic mass is 9.91. The average molecular weight is 379 g/mol. The molecule has 1 saturated carbocycles. The zero-order valence-electron chi connectivity index (χ0n) is 15.9. The number of carbonyl (C=O) groups excluding carboxylic acids is 1. The molecule has 1 aliphatic heterocycles. The molecule has 1 aliphatic carbocycles. The lowest BCUT2D eigenvalue weighted by Crippen LogP contribution is -2.37. The van der Waals surface area contributed by atoms with Crippen molar-refractivity contribution >= 4 is 22.8 Å². The highest BCUT2D eigenvalue weighted by molar-refractivity contribution is 5.92. The summed E-state index contributed by atoms with van der Waals surface area (Å²) in [5.41, 5.74) is 1.05. The van der Waals surface area contributed by atoms with E-state index >= 15 is 0 Å². The fourth-order valence-electron chi connectivity index (χ4n) is 4.50. The molecule has 7 nitrogen and oxygen atoms in total. The Morgan fingerprint density at radius 2 is 1.96 bits per heavy atom. The molecule has 0 spiro atoms. The Labute approximate surface area is 163 Å². The molecule has 1 saturated heterocycles. The molecule has 0 atom stereocenters. The summed E-state index contributed by atoms with van der Waals surface area (Å²) < 4.78 is 7.58. The third kappa shape index (κ3) is 3.25. The van der Waals surface area contributed by atoms with Crippen molar-refractivity contribution in [2.45, 2.75) is 50.6 Å². The van der Waals surface area contributed by atoms with Gasteiger partial charge in [-0.3, -0.25) is 4.79 Å². The van der Waals surface area contributed by atoms with Crippen molar-refractivity contribution < 1.29 is 9.32 Å². The Balaban J connectivity index is 1.19. The number of nitrogens with zero attached hydrogens (tertiary/aromatic N) is 4. The summed E-state index contributed by atoms with van der Waals surface area (Å²) in [5, 5.41) is 8.37. The lowest BCUT2D eigenvalue weighted by molar-refractivity contribution is 0.0885. The van der Waals surface area contributed by atoms with Gasteiger partial charge in [0.2, 0.25) is 5.76 Å². The van der Waals surface area contributed by atoms with Crippen molar-refractivity contribution in [2.24, 2.45) is 0 Å². The molecule has 146 valence electrons. The summed E-state index contributed by atoms with van der Waals surface area (Å²) in [4.78, 5) is 19.2. The fourth-order valence-corrected chi connectivity index (χ4v) is 4.50. The van der Waals surface area contributed by atoms with Gasteiger partial charge in [0.05, 0.1) is 0 Å². The maximum absolute atomic E-state index is 12.5. The van der Waals surface area contributed by atoms with Crippen LogP contribution in [0.15, 0.2) is 41.2 Å². The molecule has 3 aromatic rings. The minimum Gasteiger partial charge on any atom is -0.354 e. The van der Waals surface area contributed by atoms with Crippen molar-refractivity contribution in [3.63, 3.8) is 0 Å². The maximum Gasteiger partial charge on any atom is 0.290 e. The molecule has 2 fully saturated rings. The van der Waals surface area contributed by atoms with E-state index < -0.39 is 0 Å². The van der Waals surface area contributed by atoms with Crippen LogP contribution >= 0.6 is 0 Å². The molecular weight excluding hydrogens is 354 g/mol. The predicted octanol–water partition coefficient (Wildman–Crippen LogP) is 3.54. The van der Waals surface area contributed by atoms with Crippen LogP contribution in [0, 0.1) is 0 Å². The van der Waals surface area contributed by atoms with Crippen LogP contribution in [0.3, 0.4) is 0 Å². The van der Waals surface area contributed by atoms with Crippen LogP contribution in [0.2, 0.25) is 0 Å². The zero-order chi connectivity index (χ0) is 18.9. The van der Waals surface area contributed by atoms with Crippen molar-refractivity contribution in [3.05, 3.63) is 42.4 Å². The SMILES string of the molecule is O=C(NC1CCC(n2ccc3cccnc32)CC1)c1cc(N2CCCC2)no1. The normalized spacial score (nSPS) is 22.6. The number of hydrogen-bond acceptors (Lipinski definition) is 5. The minimum atomic E-state index is -0.158. The number of anilines is 1. The van der Waals surface area contributed by atoms with Gasteiger partial charge < -0.3 is 19.3 Å². The third-order valence-electron chi connectivity index (χ3n) is 6.05. The van der Waals surface area contributed by atoms with Gasteiger partial charge in [-0.25, -0.2) is 4.98 Å². The van der Waals surface area contributed by atoms with Gasteiger partial charge in [0.25, 0.3) is 5.91 Å². The lowest BCUT2D eigenvalue weighted by Gasteiger charge is -2.30. The van der Waals surface area contributed by atoms with Crippen molar-refractivity contribution in [1.29, 1.82) is 0 Å². The van der Waals surface area contributed by atoms with E-state index in [9.17, 15) is 4.79 Å². The number of hydrogen-bond donors (Lipinski definition) is 1. The fraction of sp³-hybridized carbons (Fsp3) is 0.476. The van der Waals surface area contributed by atoms with E-state index in [1.807, 2.05) is 12.3 Å². The highest BCUT2D eigenvalue weighted by Gasteiger charge is 2.26. The number of aromatic nitrogens is 3. The first-order chi connectivity index (χ1) is 13.8. The maximum atomic E-state index is 12.5. The van der Waals surface area contributed by atoms with E-state index in [1.54, 1.807) is 6.07 Å². The van der Waals surface area contributed by atoms with Gasteiger partial charge >= 0.3 is 0 Å². The second-order valence-corrected chi connectivity index (χ2v) is 7.86. The third-order valence-corrected chi connectivity index (χ3v) is 6.05. The Hall–Kier alpha value is -2.83. The molecule has 2 aliphatic rings. The Morgan fingerprint density at radius 1 is 1.14 bits per heavy atom. The molecule has 28 heavy (non-hydrogen) atoms. The van der Waals surface area contributed by atoms with Crippen LogP contribution in [0.5, 0.6) is 0 Å². The van der Waals surface area contributed by atoms with Crippen LogP contribution in [0.1, 0.15) is 55.1 Å². The summed E-state index contributed by atoms with van der Waals surface area (Å²) in [6.45, 7) is 1.97. The van der Waals surface area contributed by atoms with E-state index in [-0.39, 0.29) is 11.9 Å². The van der Waals surface area contributed by atoms with Gasteiger partial charge in [0.15, 0.2) is 5.82 Å². The molecule has 0 unspecified atom stereocenters. The van der Waals surface area contributed by atoms with Crippen LogP contribution < -0.4 is 10.2 Å². The van der Waals surface area contributed by atoms with Crippen molar-refractivity contribution in [2.75, 3.05) is 18.0 Å². The topological polar surface area (TPSA) is 76.2 Å². The van der Waals surface area contributed by atoms with E-state index in [4.69, 9.17) is 4.52 Å². The summed E-state index contributed by atoms with van der Waals surface area (Å²) in [5.74, 6) is 0.928. The van der Waals surface area contributed by atoms with E-state index in [0.717, 1.165) is 50.2 Å². The molecule has 0 radical (unpaired) electrons. The number of amides is 1. The van der Waals surface area contributed by atoms with E-state index in [0.29, 0.717) is 11.8 Å². The Morgan fingerprint density at radius 3 is 2.79 bits per heavy atom. The first-order valence-electron chi connectivity index (χ1n) is 10.2. The van der Waals surface area contributed by atoms with Gasteiger partial charge in [-0.05, 0) is 56.7 Å². The van der Waals surface area contributed by atoms with Gasteiger partial charge in [-0.15, -0.1) is 0 Å². The first kappa shape index (κ1) is 17.3. The molecule has 0 bridgehead atoms. The molecule has 1 amide bonds. The second kappa shape index (κ2) is 7.30. The number of nitrogens with one attached hydrogen (secondary N) is 1. The smallest absolute Gasteiger partial charge is 0.290 e. The second-order valence-electron chi connectivity index (χ2n) is 7.86. The number of carbonyl (C=O) groups is 1. The van der Waals surface area contributed by atoms with Crippen LogP contribution in [0.25, 0.3) is 11.0 Å². The number of pyridine rings is 1. The standard InChI is InChI=1S/C21H25N5O2/c27-21(18-14-19(24-28-18)25-11-1-2-12-25)23-16-5-7-17(8-6-16)26-13-9-15-4-3-10-22-20(15)26/h3-4,9-10,13-14,16-17H,1-2,5-8,11-12H2,(H,23,27). The molecular formula is C21H25N5O2. The summed E-state index contributed by atoms with van der Waals surface area (Å²) in [6.07, 6.45) is 10.3. The van der Waals surface area contributed by atoms with E-state index in [2.05, 4.69) is 43.3 Å². The monoisotopic (exact) mass is 379 g/mol. The van der Waals surface area contributed by atoms with Crippen molar-refractivity contribution in [3.8, 4) is 0 Å². The highest BCUT2D eigenvalue weighted by Crippen LogP contribution is 2.31. The van der Waals surface area contributed by atoms with Crippen LogP contribution in [-0.4, -0.2) is 39.7 Å². The molecule has 4 heterocycles. The molecule has 7 heteroatoms. The summed E-state index contributed by atoms with van der Waals surface area (Å²) in [6, 6.07) is 8.57.